The van der Waals surface area contributed by atoms with Gasteiger partial charge in [-0.2, -0.15) is 0 Å². The summed E-state index contributed by atoms with van der Waals surface area (Å²) >= 11 is 1.08. The summed E-state index contributed by atoms with van der Waals surface area (Å²) < 4.78 is 4.60. The first-order chi connectivity index (χ1) is 3.81. The highest BCUT2D eigenvalue weighted by molar-refractivity contribution is 8.12. The van der Waals surface area contributed by atoms with E-state index in [0.29, 0.717) is 13.0 Å². The molecule has 0 N–H and O–H groups in total. The maximum absolute atomic E-state index is 10.3. The highest BCUT2D eigenvalue weighted by Crippen LogP contribution is 1.97. The van der Waals surface area contributed by atoms with Gasteiger partial charge in [0.2, 0.25) is 0 Å². The van der Waals surface area contributed by atoms with Gasteiger partial charge in [-0.05, 0) is 31.4 Å². The number of hydrogen-bond acceptors (Lipinski definition) is 3. The fourth-order valence-corrected chi connectivity index (χ4v) is 0.416. The summed E-state index contributed by atoms with van der Waals surface area (Å²) in [6, 6.07) is 0. The summed E-state index contributed by atoms with van der Waals surface area (Å²) in [5.41, 5.74) is 0. The van der Waals surface area contributed by atoms with Crippen molar-refractivity contribution in [2.24, 2.45) is 0 Å². The predicted molar refractivity (Wildman–Crippen MR) is 34.8 cm³/mol. The summed E-state index contributed by atoms with van der Waals surface area (Å²) in [4.78, 5) is 10.3. The average Bonchev–Trinajstić information content (AvgIpc) is 1.83. The van der Waals surface area contributed by atoms with Crippen molar-refractivity contribution in [3.05, 3.63) is 6.92 Å². The molecule has 8 heavy (non-hydrogen) atoms. The first-order valence-electron chi connectivity index (χ1n) is 2.31. The number of hydrogen-bond donors (Lipinski definition) is 0. The van der Waals surface area contributed by atoms with Crippen LogP contribution in [0.15, 0.2) is 0 Å². The standard InChI is InChI=1S/C5H9O2S/c1-3-4-7-5(6)8-2/h1,3-4H2,2H3. The van der Waals surface area contributed by atoms with Gasteiger partial charge in [0.1, 0.15) is 0 Å². The SMILES string of the molecule is [CH2]CCOC(=O)SC. The molecule has 0 aromatic carbocycles. The molecule has 2 nitrogen and oxygen atoms in total. The Hall–Kier alpha value is -0.180. The molecule has 0 aliphatic heterocycles. The van der Waals surface area contributed by atoms with Crippen LogP contribution in [0.1, 0.15) is 6.42 Å². The zero-order valence-electron chi connectivity index (χ0n) is 4.85. The minimum Gasteiger partial charge on any atom is -0.458 e. The van der Waals surface area contributed by atoms with Crippen LogP contribution >= 0.6 is 11.8 Å². The largest absolute Gasteiger partial charge is 0.458 e. The van der Waals surface area contributed by atoms with Crippen LogP contribution in [0, 0.1) is 6.92 Å². The van der Waals surface area contributed by atoms with Crippen LogP contribution in [-0.4, -0.2) is 18.2 Å². The van der Waals surface area contributed by atoms with Crippen molar-refractivity contribution in [3.8, 4) is 0 Å². The fourth-order valence-electron chi connectivity index (χ4n) is 0.214. The minimum absolute atomic E-state index is 0.228. The molecule has 0 aromatic rings. The van der Waals surface area contributed by atoms with Gasteiger partial charge in [0.05, 0.1) is 6.61 Å². The molecule has 0 aliphatic rings. The minimum atomic E-state index is -0.228. The zero-order chi connectivity index (χ0) is 6.41. The van der Waals surface area contributed by atoms with Crippen LogP contribution in [0.2, 0.25) is 0 Å². The average molecular weight is 133 g/mol. The van der Waals surface area contributed by atoms with Crippen LogP contribution in [0.3, 0.4) is 0 Å². The molecule has 0 atom stereocenters. The Morgan fingerprint density at radius 3 is 2.88 bits per heavy atom. The molecule has 0 rings (SSSR count). The van der Waals surface area contributed by atoms with E-state index in [9.17, 15) is 4.79 Å². The summed E-state index contributed by atoms with van der Waals surface area (Å²) in [5.74, 6) is 0. The molecule has 0 spiro atoms. The van der Waals surface area contributed by atoms with E-state index >= 15 is 0 Å². The van der Waals surface area contributed by atoms with Gasteiger partial charge in [0, 0.05) is 0 Å². The van der Waals surface area contributed by atoms with E-state index < -0.39 is 0 Å². The van der Waals surface area contributed by atoms with Gasteiger partial charge in [-0.15, -0.1) is 0 Å². The fraction of sp³-hybridized carbons (Fsp3) is 0.600. The smallest absolute Gasteiger partial charge is 0.367 e. The molecule has 0 fully saturated rings. The van der Waals surface area contributed by atoms with Crippen molar-refractivity contribution in [3.63, 3.8) is 0 Å². The van der Waals surface area contributed by atoms with Gasteiger partial charge in [-0.3, -0.25) is 0 Å². The molecule has 0 heterocycles. The van der Waals surface area contributed by atoms with Gasteiger partial charge < -0.3 is 4.74 Å². The molecule has 0 amide bonds. The normalized spacial score (nSPS) is 8.75. The second-order valence-electron chi connectivity index (χ2n) is 1.16. The van der Waals surface area contributed by atoms with E-state index in [1.807, 2.05) is 0 Å². The van der Waals surface area contributed by atoms with Crippen LogP contribution in [0.5, 0.6) is 0 Å². The second-order valence-corrected chi connectivity index (χ2v) is 1.90. The number of carbonyl (C=O) groups is 1. The first-order valence-corrected chi connectivity index (χ1v) is 3.53. The van der Waals surface area contributed by atoms with Crippen molar-refractivity contribution in [2.45, 2.75) is 6.42 Å². The van der Waals surface area contributed by atoms with Crippen molar-refractivity contribution < 1.29 is 9.53 Å². The summed E-state index contributed by atoms with van der Waals surface area (Å²) in [5, 5.41) is -0.228. The lowest BCUT2D eigenvalue weighted by molar-refractivity contribution is 0.177. The Morgan fingerprint density at radius 2 is 2.50 bits per heavy atom. The molecule has 0 saturated heterocycles. The van der Waals surface area contributed by atoms with E-state index in [-0.39, 0.29) is 5.30 Å². The Labute approximate surface area is 53.6 Å². The summed E-state index contributed by atoms with van der Waals surface area (Å²) in [7, 11) is 0. The predicted octanol–water partition coefficient (Wildman–Crippen LogP) is 1.71. The van der Waals surface area contributed by atoms with Gasteiger partial charge in [0.15, 0.2) is 0 Å². The van der Waals surface area contributed by atoms with E-state index in [0.717, 1.165) is 11.8 Å². The van der Waals surface area contributed by atoms with Crippen LogP contribution in [-0.2, 0) is 4.74 Å². The van der Waals surface area contributed by atoms with Gasteiger partial charge in [0.25, 0.3) is 0 Å². The lowest BCUT2D eigenvalue weighted by Gasteiger charge is -1.96. The zero-order valence-corrected chi connectivity index (χ0v) is 5.66. The third kappa shape index (κ3) is 3.99. The van der Waals surface area contributed by atoms with Crippen molar-refractivity contribution >= 4 is 17.1 Å². The quantitative estimate of drug-likeness (QED) is 0.536. The molecular weight excluding hydrogens is 124 g/mol. The third-order valence-corrected chi connectivity index (χ3v) is 0.982. The first kappa shape index (κ1) is 7.82. The number of ether oxygens (including phenoxy) is 1. The number of rotatable bonds is 2. The Morgan fingerprint density at radius 1 is 1.88 bits per heavy atom. The highest BCUT2D eigenvalue weighted by Gasteiger charge is 1.94. The van der Waals surface area contributed by atoms with E-state index in [1.54, 1.807) is 6.26 Å². The van der Waals surface area contributed by atoms with Crippen LogP contribution in [0.4, 0.5) is 4.79 Å². The molecule has 47 valence electrons. The molecular formula is C5H9O2S. The topological polar surface area (TPSA) is 26.3 Å². The molecule has 0 aliphatic carbocycles. The van der Waals surface area contributed by atoms with Crippen molar-refractivity contribution in [1.29, 1.82) is 0 Å². The van der Waals surface area contributed by atoms with E-state index in [2.05, 4.69) is 11.7 Å². The van der Waals surface area contributed by atoms with Gasteiger partial charge in [-0.25, -0.2) is 4.79 Å². The molecule has 3 heteroatoms. The number of carbonyl (C=O) groups excluding carboxylic acids is 1. The molecule has 0 unspecified atom stereocenters. The van der Waals surface area contributed by atoms with E-state index in [1.165, 1.54) is 0 Å². The Kier molecular flexibility index (Phi) is 4.85. The lowest BCUT2D eigenvalue weighted by atomic mass is 10.5. The van der Waals surface area contributed by atoms with Crippen LogP contribution < -0.4 is 0 Å². The Bertz CT molecular complexity index is 72.8. The highest BCUT2D eigenvalue weighted by atomic mass is 32.2. The maximum Gasteiger partial charge on any atom is 0.367 e. The third-order valence-electron chi connectivity index (χ3n) is 0.531. The summed E-state index contributed by atoms with van der Waals surface area (Å²) in [6.45, 7) is 3.94. The number of thioether (sulfide) groups is 1. The molecule has 0 saturated carbocycles. The molecule has 1 radical (unpaired) electrons. The second kappa shape index (κ2) is 4.97. The van der Waals surface area contributed by atoms with Crippen molar-refractivity contribution in [1.82, 2.24) is 0 Å². The maximum atomic E-state index is 10.3. The summed E-state index contributed by atoms with van der Waals surface area (Å²) in [6.07, 6.45) is 2.33. The van der Waals surface area contributed by atoms with Crippen LogP contribution in [0.25, 0.3) is 0 Å². The molecule has 0 bridgehead atoms. The Balaban J connectivity index is 2.99. The monoisotopic (exact) mass is 133 g/mol. The molecule has 0 aromatic heterocycles. The van der Waals surface area contributed by atoms with Gasteiger partial charge >= 0.3 is 5.30 Å². The lowest BCUT2D eigenvalue weighted by Crippen LogP contribution is -1.96. The van der Waals surface area contributed by atoms with Gasteiger partial charge in [-0.1, -0.05) is 0 Å². The van der Waals surface area contributed by atoms with Crippen molar-refractivity contribution in [2.75, 3.05) is 12.9 Å². The van der Waals surface area contributed by atoms with E-state index in [4.69, 9.17) is 0 Å².